The summed E-state index contributed by atoms with van der Waals surface area (Å²) in [5, 5.41) is 4.47. The molecule has 2 aromatic rings. The van der Waals surface area contributed by atoms with Crippen LogP contribution in [-0.2, 0) is 0 Å². The maximum atomic E-state index is 14.2. The van der Waals surface area contributed by atoms with Crippen molar-refractivity contribution < 1.29 is 4.39 Å². The molecule has 1 N–H and O–H groups in total. The van der Waals surface area contributed by atoms with Crippen LogP contribution in [0.5, 0.6) is 0 Å². The van der Waals surface area contributed by atoms with Crippen molar-refractivity contribution in [3.8, 4) is 0 Å². The molecule has 0 fully saturated rings. The van der Waals surface area contributed by atoms with Crippen molar-refractivity contribution in [1.82, 2.24) is 5.32 Å². The van der Waals surface area contributed by atoms with E-state index in [0.29, 0.717) is 15.6 Å². The minimum Gasteiger partial charge on any atom is -0.306 e. The van der Waals surface area contributed by atoms with Crippen LogP contribution in [0.4, 0.5) is 4.39 Å². The first-order valence-corrected chi connectivity index (χ1v) is 7.72. The van der Waals surface area contributed by atoms with Gasteiger partial charge < -0.3 is 5.32 Å². The third kappa shape index (κ3) is 4.19. The highest BCUT2D eigenvalue weighted by molar-refractivity contribution is 6.34. The third-order valence-electron chi connectivity index (χ3n) is 3.28. The molecule has 112 valence electrons. The molecule has 1 nitrogen and oxygen atoms in total. The van der Waals surface area contributed by atoms with Crippen molar-refractivity contribution >= 4 is 23.2 Å². The molecule has 0 saturated heterocycles. The molecule has 1 atom stereocenters. The van der Waals surface area contributed by atoms with Crippen molar-refractivity contribution in [1.29, 1.82) is 0 Å². The molecule has 1 unspecified atom stereocenters. The van der Waals surface area contributed by atoms with Crippen molar-refractivity contribution in [2.45, 2.75) is 26.3 Å². The van der Waals surface area contributed by atoms with E-state index in [-0.39, 0.29) is 11.9 Å². The fourth-order valence-corrected chi connectivity index (χ4v) is 2.87. The first kappa shape index (κ1) is 16.3. The molecule has 0 heterocycles. The zero-order valence-corrected chi connectivity index (χ0v) is 13.6. The van der Waals surface area contributed by atoms with E-state index in [2.05, 4.69) is 12.2 Å². The van der Waals surface area contributed by atoms with Gasteiger partial charge in [-0.3, -0.25) is 0 Å². The number of rotatable bonds is 5. The minimum atomic E-state index is -0.263. The second-order valence-corrected chi connectivity index (χ2v) is 5.99. The molecule has 0 saturated carbocycles. The zero-order chi connectivity index (χ0) is 15.4. The zero-order valence-electron chi connectivity index (χ0n) is 12.1. The van der Waals surface area contributed by atoms with Crippen LogP contribution in [0, 0.1) is 12.7 Å². The van der Waals surface area contributed by atoms with Gasteiger partial charge in [-0.25, -0.2) is 4.39 Å². The lowest BCUT2D eigenvalue weighted by Gasteiger charge is -2.21. The second kappa shape index (κ2) is 7.26. The van der Waals surface area contributed by atoms with Gasteiger partial charge in [-0.15, -0.1) is 0 Å². The predicted octanol–water partition coefficient (Wildman–Crippen LogP) is 5.53. The van der Waals surface area contributed by atoms with E-state index in [4.69, 9.17) is 23.2 Å². The molecule has 0 spiro atoms. The number of hydrogen-bond donors (Lipinski definition) is 1. The van der Waals surface area contributed by atoms with Crippen molar-refractivity contribution in [3.63, 3.8) is 0 Å². The predicted molar refractivity (Wildman–Crippen MR) is 87.7 cm³/mol. The first-order chi connectivity index (χ1) is 10.0. The van der Waals surface area contributed by atoms with Crippen LogP contribution in [-0.4, -0.2) is 6.54 Å². The second-order valence-electron chi connectivity index (χ2n) is 5.11. The van der Waals surface area contributed by atoms with Gasteiger partial charge in [-0.1, -0.05) is 47.8 Å². The van der Waals surface area contributed by atoms with E-state index < -0.39 is 0 Å². The van der Waals surface area contributed by atoms with Crippen LogP contribution < -0.4 is 5.32 Å². The SMILES string of the molecule is CCCNC(c1cc(Cl)cc(Cl)c1)c1cc(C)ccc1F. The van der Waals surface area contributed by atoms with Crippen LogP contribution in [0.1, 0.15) is 36.1 Å². The Morgan fingerprint density at radius 2 is 1.76 bits per heavy atom. The lowest BCUT2D eigenvalue weighted by molar-refractivity contribution is 0.546. The van der Waals surface area contributed by atoms with Gasteiger partial charge in [-0.05, 0) is 49.7 Å². The summed E-state index contributed by atoms with van der Waals surface area (Å²) in [7, 11) is 0. The maximum absolute atomic E-state index is 14.2. The van der Waals surface area contributed by atoms with E-state index in [1.54, 1.807) is 12.1 Å². The summed E-state index contributed by atoms with van der Waals surface area (Å²) in [6, 6.07) is 10.2. The summed E-state index contributed by atoms with van der Waals surface area (Å²) >= 11 is 12.2. The average Bonchev–Trinajstić information content (AvgIpc) is 2.42. The van der Waals surface area contributed by atoms with Gasteiger partial charge >= 0.3 is 0 Å². The Morgan fingerprint density at radius 1 is 1.10 bits per heavy atom. The number of nitrogens with one attached hydrogen (secondary N) is 1. The van der Waals surface area contributed by atoms with Gasteiger partial charge in [0.05, 0.1) is 6.04 Å². The van der Waals surface area contributed by atoms with E-state index >= 15 is 0 Å². The van der Waals surface area contributed by atoms with Gasteiger partial charge in [0.1, 0.15) is 5.82 Å². The third-order valence-corrected chi connectivity index (χ3v) is 3.72. The topological polar surface area (TPSA) is 12.0 Å². The van der Waals surface area contributed by atoms with E-state index in [9.17, 15) is 4.39 Å². The normalized spacial score (nSPS) is 12.4. The Balaban J connectivity index is 2.49. The van der Waals surface area contributed by atoms with Crippen LogP contribution in [0.2, 0.25) is 10.0 Å². The Hall–Kier alpha value is -1.09. The van der Waals surface area contributed by atoms with Crippen molar-refractivity contribution in [3.05, 3.63) is 69.0 Å². The fraction of sp³-hybridized carbons (Fsp3) is 0.294. The molecule has 0 bridgehead atoms. The Labute approximate surface area is 135 Å². The van der Waals surface area contributed by atoms with Crippen LogP contribution in [0.3, 0.4) is 0 Å². The molecular weight excluding hydrogens is 308 g/mol. The standard InChI is InChI=1S/C17H18Cl2FN/c1-3-6-21-17(12-8-13(18)10-14(19)9-12)15-7-11(2)4-5-16(15)20/h4-5,7-10,17,21H,3,6H2,1-2H3. The number of benzene rings is 2. The summed E-state index contributed by atoms with van der Waals surface area (Å²) in [5.41, 5.74) is 2.50. The fourth-order valence-electron chi connectivity index (χ4n) is 2.32. The van der Waals surface area contributed by atoms with E-state index in [0.717, 1.165) is 24.1 Å². The quantitative estimate of drug-likeness (QED) is 0.762. The highest BCUT2D eigenvalue weighted by Gasteiger charge is 2.18. The van der Waals surface area contributed by atoms with Crippen LogP contribution >= 0.6 is 23.2 Å². The van der Waals surface area contributed by atoms with Crippen LogP contribution in [0.15, 0.2) is 36.4 Å². The largest absolute Gasteiger partial charge is 0.306 e. The van der Waals surface area contributed by atoms with E-state index in [1.165, 1.54) is 6.07 Å². The van der Waals surface area contributed by atoms with Gasteiger partial charge in [0.25, 0.3) is 0 Å². The highest BCUT2D eigenvalue weighted by atomic mass is 35.5. The van der Waals surface area contributed by atoms with Crippen molar-refractivity contribution in [2.75, 3.05) is 6.54 Å². The molecular formula is C17H18Cl2FN. The molecule has 21 heavy (non-hydrogen) atoms. The van der Waals surface area contributed by atoms with Crippen LogP contribution in [0.25, 0.3) is 0 Å². The van der Waals surface area contributed by atoms with E-state index in [1.807, 2.05) is 25.1 Å². The number of aryl methyl sites for hydroxylation is 1. The summed E-state index contributed by atoms with van der Waals surface area (Å²) in [6.07, 6.45) is 0.957. The molecule has 0 aliphatic rings. The number of halogens is 3. The smallest absolute Gasteiger partial charge is 0.128 e. The minimum absolute atomic E-state index is 0.231. The molecule has 2 aromatic carbocycles. The van der Waals surface area contributed by atoms with Gasteiger partial charge in [0.2, 0.25) is 0 Å². The lowest BCUT2D eigenvalue weighted by Crippen LogP contribution is -2.24. The summed E-state index contributed by atoms with van der Waals surface area (Å²) in [4.78, 5) is 0. The van der Waals surface area contributed by atoms with Gasteiger partial charge in [0, 0.05) is 15.6 Å². The molecule has 2 rings (SSSR count). The molecule has 4 heteroatoms. The Morgan fingerprint density at radius 3 is 2.38 bits per heavy atom. The molecule has 0 amide bonds. The van der Waals surface area contributed by atoms with Crippen molar-refractivity contribution in [2.24, 2.45) is 0 Å². The molecule has 0 aliphatic carbocycles. The van der Waals surface area contributed by atoms with Gasteiger partial charge in [0.15, 0.2) is 0 Å². The summed E-state index contributed by atoms with van der Waals surface area (Å²) in [6.45, 7) is 4.80. The molecule has 0 aliphatic heterocycles. The summed E-state index contributed by atoms with van der Waals surface area (Å²) < 4.78 is 14.2. The molecule has 0 radical (unpaired) electrons. The Kier molecular flexibility index (Phi) is 5.63. The monoisotopic (exact) mass is 325 g/mol. The average molecular weight is 326 g/mol. The van der Waals surface area contributed by atoms with Gasteiger partial charge in [-0.2, -0.15) is 0 Å². The number of hydrogen-bond acceptors (Lipinski definition) is 1. The maximum Gasteiger partial charge on any atom is 0.128 e. The highest BCUT2D eigenvalue weighted by Crippen LogP contribution is 2.29. The lowest BCUT2D eigenvalue weighted by atomic mass is 9.96. The Bertz CT molecular complexity index is 608. The first-order valence-electron chi connectivity index (χ1n) is 6.96. The molecule has 0 aromatic heterocycles. The summed E-state index contributed by atoms with van der Waals surface area (Å²) in [5.74, 6) is -0.231.